The van der Waals surface area contributed by atoms with E-state index >= 15 is 0 Å². The van der Waals surface area contributed by atoms with Crippen LogP contribution < -0.4 is 21.1 Å². The number of benzene rings is 2. The molecule has 1 aliphatic rings. The quantitative estimate of drug-likeness (QED) is 0.577. The number of rotatable bonds is 6. The molecule has 0 aliphatic carbocycles. The third kappa shape index (κ3) is 4.95. The molecule has 0 radical (unpaired) electrons. The zero-order chi connectivity index (χ0) is 22.5. The van der Waals surface area contributed by atoms with Gasteiger partial charge in [0, 0.05) is 6.07 Å². The average Bonchev–Trinajstić information content (AvgIpc) is 3.21. The SMILES string of the molecule is COc1cc(NC(=O)OCc2ccccc2)c(Cl)cc1-c1nn(C2CCNCC2)c(=O)o1. The second-order valence-electron chi connectivity index (χ2n) is 7.32. The zero-order valence-corrected chi connectivity index (χ0v) is 18.2. The first-order chi connectivity index (χ1) is 15.5. The predicted molar refractivity (Wildman–Crippen MR) is 119 cm³/mol. The maximum atomic E-state index is 12.4. The Balaban J connectivity index is 1.52. The van der Waals surface area contributed by atoms with E-state index in [9.17, 15) is 9.59 Å². The van der Waals surface area contributed by atoms with Crippen molar-refractivity contribution in [2.75, 3.05) is 25.5 Å². The number of carbonyl (C=O) groups excluding carboxylic acids is 1. The van der Waals surface area contributed by atoms with Gasteiger partial charge in [-0.05, 0) is 37.6 Å². The maximum absolute atomic E-state index is 12.4. The lowest BCUT2D eigenvalue weighted by molar-refractivity contribution is 0.155. The molecule has 0 unspecified atom stereocenters. The summed E-state index contributed by atoms with van der Waals surface area (Å²) < 4.78 is 17.4. The minimum absolute atomic E-state index is 0.0250. The van der Waals surface area contributed by atoms with Gasteiger partial charge in [0.25, 0.3) is 5.89 Å². The molecule has 0 atom stereocenters. The minimum Gasteiger partial charge on any atom is -0.496 e. The molecule has 4 rings (SSSR count). The largest absolute Gasteiger partial charge is 0.496 e. The average molecular weight is 459 g/mol. The number of amides is 1. The molecule has 0 saturated carbocycles. The number of aromatic nitrogens is 2. The number of nitrogens with zero attached hydrogens (tertiary/aromatic N) is 2. The number of hydrogen-bond acceptors (Lipinski definition) is 7. The van der Waals surface area contributed by atoms with Gasteiger partial charge in [-0.2, -0.15) is 4.68 Å². The van der Waals surface area contributed by atoms with Crippen LogP contribution in [-0.2, 0) is 11.3 Å². The van der Waals surface area contributed by atoms with Gasteiger partial charge in [-0.15, -0.1) is 5.10 Å². The highest BCUT2D eigenvalue weighted by molar-refractivity contribution is 6.34. The summed E-state index contributed by atoms with van der Waals surface area (Å²) in [6.07, 6.45) is 0.919. The van der Waals surface area contributed by atoms with E-state index in [4.69, 9.17) is 25.5 Å². The number of ether oxygens (including phenoxy) is 2. The van der Waals surface area contributed by atoms with Gasteiger partial charge in [0.15, 0.2) is 0 Å². The Hall–Kier alpha value is -3.30. The zero-order valence-electron chi connectivity index (χ0n) is 17.5. The summed E-state index contributed by atoms with van der Waals surface area (Å²) in [4.78, 5) is 24.6. The molecule has 9 nitrogen and oxygen atoms in total. The van der Waals surface area contributed by atoms with Gasteiger partial charge in [-0.1, -0.05) is 41.9 Å². The monoisotopic (exact) mass is 458 g/mol. The number of piperidine rings is 1. The van der Waals surface area contributed by atoms with E-state index in [1.807, 2.05) is 30.3 Å². The van der Waals surface area contributed by atoms with Crippen molar-refractivity contribution in [3.8, 4) is 17.2 Å². The molecule has 2 heterocycles. The van der Waals surface area contributed by atoms with Crippen LogP contribution in [0, 0.1) is 0 Å². The fourth-order valence-corrected chi connectivity index (χ4v) is 3.74. The molecule has 2 N–H and O–H groups in total. The van der Waals surface area contributed by atoms with Crippen molar-refractivity contribution in [1.29, 1.82) is 0 Å². The number of methoxy groups -OCH3 is 1. The summed E-state index contributed by atoms with van der Waals surface area (Å²) in [6, 6.07) is 12.4. The van der Waals surface area contributed by atoms with Crippen LogP contribution in [0.3, 0.4) is 0 Å². The van der Waals surface area contributed by atoms with Crippen molar-refractivity contribution >= 4 is 23.4 Å². The Kier molecular flexibility index (Phi) is 6.77. The summed E-state index contributed by atoms with van der Waals surface area (Å²) in [7, 11) is 1.46. The van der Waals surface area contributed by atoms with Crippen LogP contribution in [0.4, 0.5) is 10.5 Å². The van der Waals surface area contributed by atoms with Crippen LogP contribution in [-0.4, -0.2) is 36.1 Å². The third-order valence-electron chi connectivity index (χ3n) is 5.19. The fraction of sp³-hybridized carbons (Fsp3) is 0.318. The van der Waals surface area contributed by atoms with Gasteiger partial charge in [-0.3, -0.25) is 5.32 Å². The molecule has 2 aromatic carbocycles. The van der Waals surface area contributed by atoms with E-state index in [1.54, 1.807) is 0 Å². The highest BCUT2D eigenvalue weighted by Gasteiger charge is 2.23. The van der Waals surface area contributed by atoms with Crippen molar-refractivity contribution < 1.29 is 18.7 Å². The van der Waals surface area contributed by atoms with Crippen LogP contribution in [0.25, 0.3) is 11.5 Å². The van der Waals surface area contributed by atoms with Crippen molar-refractivity contribution in [1.82, 2.24) is 15.1 Å². The first-order valence-electron chi connectivity index (χ1n) is 10.2. The molecule has 1 aromatic heterocycles. The van der Waals surface area contributed by atoms with Crippen LogP contribution in [0.15, 0.2) is 51.7 Å². The number of hydrogen-bond donors (Lipinski definition) is 2. The summed E-state index contributed by atoms with van der Waals surface area (Å²) in [5.74, 6) is -0.0891. The van der Waals surface area contributed by atoms with Gasteiger partial charge < -0.3 is 19.2 Å². The van der Waals surface area contributed by atoms with Gasteiger partial charge >= 0.3 is 11.8 Å². The summed E-state index contributed by atoms with van der Waals surface area (Å²) >= 11 is 6.38. The standard InChI is InChI=1S/C22H23ClN4O5/c1-30-19-12-18(25-21(28)31-13-14-5-3-2-4-6-14)17(23)11-16(19)20-26-27(22(29)32-20)15-7-9-24-10-8-15/h2-6,11-12,15,24H,7-10,13H2,1H3,(H,25,28). The van der Waals surface area contributed by atoms with E-state index in [2.05, 4.69) is 15.7 Å². The van der Waals surface area contributed by atoms with E-state index in [-0.39, 0.29) is 23.6 Å². The summed E-state index contributed by atoms with van der Waals surface area (Å²) in [6.45, 7) is 1.75. The molecule has 1 amide bonds. The van der Waals surface area contributed by atoms with Crippen LogP contribution >= 0.6 is 11.6 Å². The van der Waals surface area contributed by atoms with Crippen molar-refractivity contribution in [2.24, 2.45) is 0 Å². The molecule has 1 fully saturated rings. The first kappa shape index (κ1) is 21.9. The second kappa shape index (κ2) is 9.88. The molecular weight excluding hydrogens is 436 g/mol. The molecule has 1 aliphatic heterocycles. The number of halogens is 1. The molecule has 10 heteroatoms. The van der Waals surface area contributed by atoms with Crippen LogP contribution in [0.5, 0.6) is 5.75 Å². The van der Waals surface area contributed by atoms with Gasteiger partial charge in [0.05, 0.1) is 29.4 Å². The van der Waals surface area contributed by atoms with Gasteiger partial charge in [-0.25, -0.2) is 9.59 Å². The first-order valence-corrected chi connectivity index (χ1v) is 10.6. The normalized spacial score (nSPS) is 14.2. The predicted octanol–water partition coefficient (Wildman–Crippen LogP) is 3.84. The Bertz CT molecular complexity index is 1140. The molecule has 168 valence electrons. The maximum Gasteiger partial charge on any atom is 0.437 e. The molecule has 0 spiro atoms. The third-order valence-corrected chi connectivity index (χ3v) is 5.51. The second-order valence-corrected chi connectivity index (χ2v) is 7.73. The molecule has 32 heavy (non-hydrogen) atoms. The Labute approximate surface area is 189 Å². The van der Waals surface area contributed by atoms with Crippen molar-refractivity contribution in [3.05, 3.63) is 63.6 Å². The van der Waals surface area contributed by atoms with Crippen LogP contribution in [0.1, 0.15) is 24.4 Å². The summed E-state index contributed by atoms with van der Waals surface area (Å²) in [5.41, 5.74) is 1.57. The summed E-state index contributed by atoms with van der Waals surface area (Å²) in [5, 5.41) is 10.4. The molecule has 1 saturated heterocycles. The molecule has 3 aromatic rings. The minimum atomic E-state index is -0.660. The van der Waals surface area contributed by atoms with E-state index in [1.165, 1.54) is 23.9 Å². The van der Waals surface area contributed by atoms with Gasteiger partial charge in [0.2, 0.25) is 0 Å². The van der Waals surface area contributed by atoms with Crippen molar-refractivity contribution in [3.63, 3.8) is 0 Å². The molecular formula is C22H23ClN4O5. The molecule has 0 bridgehead atoms. The lowest BCUT2D eigenvalue weighted by Gasteiger charge is -2.21. The highest BCUT2D eigenvalue weighted by Crippen LogP contribution is 2.36. The van der Waals surface area contributed by atoms with Crippen LogP contribution in [0.2, 0.25) is 5.02 Å². The number of carbonyl (C=O) groups is 1. The van der Waals surface area contributed by atoms with Gasteiger partial charge in [0.1, 0.15) is 12.4 Å². The van der Waals surface area contributed by atoms with E-state index in [0.717, 1.165) is 31.5 Å². The van der Waals surface area contributed by atoms with E-state index in [0.29, 0.717) is 17.0 Å². The Morgan fingerprint density at radius 3 is 2.75 bits per heavy atom. The Morgan fingerprint density at radius 1 is 1.28 bits per heavy atom. The van der Waals surface area contributed by atoms with E-state index < -0.39 is 11.8 Å². The number of nitrogens with one attached hydrogen (secondary N) is 2. The topological polar surface area (TPSA) is 108 Å². The lowest BCUT2D eigenvalue weighted by Crippen LogP contribution is -2.33. The Morgan fingerprint density at radius 2 is 2.03 bits per heavy atom. The lowest BCUT2D eigenvalue weighted by atomic mass is 10.1. The fourth-order valence-electron chi connectivity index (χ4n) is 3.53. The number of anilines is 1. The highest BCUT2D eigenvalue weighted by atomic mass is 35.5. The smallest absolute Gasteiger partial charge is 0.437 e. The van der Waals surface area contributed by atoms with Crippen molar-refractivity contribution in [2.45, 2.75) is 25.5 Å².